The molecule has 0 bridgehead atoms. The van der Waals surface area contributed by atoms with Gasteiger partial charge in [-0.15, -0.1) is 0 Å². The minimum absolute atomic E-state index is 0.0118. The van der Waals surface area contributed by atoms with E-state index in [1.54, 1.807) is 0 Å². The van der Waals surface area contributed by atoms with Crippen molar-refractivity contribution in [2.75, 3.05) is 19.0 Å². The first kappa shape index (κ1) is 11.9. The molecule has 1 fully saturated rings. The molecule has 2 rings (SSSR count). The number of carbonyl (C=O) groups excluding carboxylic acids is 1. The maximum absolute atomic E-state index is 11.8. The van der Waals surface area contributed by atoms with E-state index in [0.29, 0.717) is 13.2 Å². The Bertz CT molecular complexity index is 500. The summed E-state index contributed by atoms with van der Waals surface area (Å²) in [6, 6.07) is 2.71. The van der Waals surface area contributed by atoms with E-state index in [2.05, 4.69) is 0 Å². The van der Waals surface area contributed by atoms with Crippen LogP contribution in [-0.4, -0.2) is 49.6 Å². The van der Waals surface area contributed by atoms with Crippen molar-refractivity contribution in [3.8, 4) is 0 Å². The second-order valence-corrected chi connectivity index (χ2v) is 5.82. The van der Waals surface area contributed by atoms with Crippen molar-refractivity contribution >= 4 is 32.0 Å². The summed E-state index contributed by atoms with van der Waals surface area (Å²) in [5.41, 5.74) is 0. The van der Waals surface area contributed by atoms with Crippen LogP contribution in [0.3, 0.4) is 0 Å². The van der Waals surface area contributed by atoms with Gasteiger partial charge in [-0.25, -0.2) is 0 Å². The summed E-state index contributed by atoms with van der Waals surface area (Å²) < 4.78 is 33.2. The summed E-state index contributed by atoms with van der Waals surface area (Å²) in [4.78, 5) is 11.0. The zero-order valence-electron chi connectivity index (χ0n) is 8.80. The van der Waals surface area contributed by atoms with Gasteiger partial charge in [-0.05, 0) is 0 Å². The fourth-order valence-electron chi connectivity index (χ4n) is 1.45. The number of furan rings is 1. The number of carbonyl (C=O) groups is 1. The first-order valence-electron chi connectivity index (χ1n) is 4.90. The Labute approximate surface area is 102 Å². The predicted octanol–water partition coefficient (Wildman–Crippen LogP) is 0.00840. The van der Waals surface area contributed by atoms with Crippen LogP contribution in [0.15, 0.2) is 21.6 Å². The van der Waals surface area contributed by atoms with E-state index in [1.165, 1.54) is 29.8 Å². The van der Waals surface area contributed by atoms with Crippen LogP contribution >= 0.6 is 0 Å². The molecule has 82 valence electrons. The molecular formula is C9H9LiO5S. The van der Waals surface area contributed by atoms with E-state index < -0.39 is 9.84 Å². The van der Waals surface area contributed by atoms with Crippen molar-refractivity contribution in [1.82, 2.24) is 0 Å². The van der Waals surface area contributed by atoms with Crippen LogP contribution in [0.1, 0.15) is 10.6 Å². The molecule has 0 saturated carbocycles. The predicted molar refractivity (Wildman–Crippen MR) is 55.2 cm³/mol. The third kappa shape index (κ3) is 2.41. The number of ether oxygens (including phenoxy) is 1. The molecule has 1 aliphatic heterocycles. The minimum atomic E-state index is -3.43. The molecular weight excluding hydrogens is 227 g/mol. The van der Waals surface area contributed by atoms with E-state index in [1.807, 2.05) is 0 Å². The molecule has 1 saturated heterocycles. The van der Waals surface area contributed by atoms with Gasteiger partial charge in [0.25, 0.3) is 0 Å². The van der Waals surface area contributed by atoms with Gasteiger partial charge < -0.3 is 0 Å². The zero-order valence-corrected chi connectivity index (χ0v) is 9.62. The SMILES string of the molecule is [Li][C](=O)c1ccc(S(=O)(=O)CC2COC2)o1. The summed E-state index contributed by atoms with van der Waals surface area (Å²) in [5, 5.41) is -0.135. The van der Waals surface area contributed by atoms with Crippen LogP contribution in [0.25, 0.3) is 0 Å². The number of hydrogen-bond donors (Lipinski definition) is 0. The number of hydrogen-bond acceptors (Lipinski definition) is 5. The number of rotatable bonds is 4. The molecule has 16 heavy (non-hydrogen) atoms. The molecule has 1 aromatic heterocycles. The average molecular weight is 236 g/mol. The van der Waals surface area contributed by atoms with E-state index in [4.69, 9.17) is 9.15 Å². The fraction of sp³-hybridized carbons (Fsp3) is 0.444. The standard InChI is InChI=1S/C9H9O5S.Li/c10-3-8-1-2-9(14-8)15(11,12)6-7-4-13-5-7;/h1-2,7H,4-6H2;. The van der Waals surface area contributed by atoms with Crippen LogP contribution in [0.5, 0.6) is 0 Å². The van der Waals surface area contributed by atoms with Gasteiger partial charge in [0.2, 0.25) is 0 Å². The Morgan fingerprint density at radius 3 is 2.56 bits per heavy atom. The van der Waals surface area contributed by atoms with Crippen LogP contribution in [0, 0.1) is 5.92 Å². The van der Waals surface area contributed by atoms with Gasteiger partial charge in [0.1, 0.15) is 0 Å². The molecule has 0 atom stereocenters. The van der Waals surface area contributed by atoms with Gasteiger partial charge >= 0.3 is 102 Å². The Hall–Kier alpha value is -0.543. The quantitative estimate of drug-likeness (QED) is 0.688. The molecule has 7 heteroatoms. The van der Waals surface area contributed by atoms with Crippen molar-refractivity contribution in [2.45, 2.75) is 5.09 Å². The van der Waals surface area contributed by atoms with Gasteiger partial charge in [0.15, 0.2) is 0 Å². The van der Waals surface area contributed by atoms with Gasteiger partial charge in [-0.1, -0.05) is 0 Å². The Kier molecular flexibility index (Phi) is 3.26. The number of sulfone groups is 1. The monoisotopic (exact) mass is 236 g/mol. The van der Waals surface area contributed by atoms with Crippen LogP contribution in [-0.2, 0) is 14.6 Å². The average Bonchev–Trinajstić information content (AvgIpc) is 2.61. The molecule has 0 radical (unpaired) electrons. The Morgan fingerprint density at radius 2 is 2.12 bits per heavy atom. The van der Waals surface area contributed by atoms with Crippen molar-refractivity contribution in [2.24, 2.45) is 5.92 Å². The van der Waals surface area contributed by atoms with Crippen molar-refractivity contribution in [3.63, 3.8) is 0 Å². The summed E-state index contributed by atoms with van der Waals surface area (Å²) in [6.45, 7) is 0.943. The molecule has 0 amide bonds. The second-order valence-electron chi connectivity index (χ2n) is 3.86. The summed E-state index contributed by atoms with van der Waals surface area (Å²) in [7, 11) is -3.43. The summed E-state index contributed by atoms with van der Waals surface area (Å²) >= 11 is 1.33. The zero-order chi connectivity index (χ0) is 11.8. The third-order valence-corrected chi connectivity index (χ3v) is 4.14. The normalized spacial score (nSPS) is 17.1. The molecule has 5 nitrogen and oxygen atoms in total. The van der Waals surface area contributed by atoms with Crippen LogP contribution in [0.4, 0.5) is 0 Å². The van der Waals surface area contributed by atoms with E-state index >= 15 is 0 Å². The fourth-order valence-corrected chi connectivity index (χ4v) is 2.92. The van der Waals surface area contributed by atoms with Gasteiger partial charge in [-0.2, -0.15) is 0 Å². The molecule has 2 heterocycles. The van der Waals surface area contributed by atoms with Crippen molar-refractivity contribution in [3.05, 3.63) is 17.9 Å². The Morgan fingerprint density at radius 1 is 1.44 bits per heavy atom. The van der Waals surface area contributed by atoms with Gasteiger partial charge in [-0.3, -0.25) is 0 Å². The van der Waals surface area contributed by atoms with E-state index in [-0.39, 0.29) is 27.0 Å². The van der Waals surface area contributed by atoms with E-state index in [0.717, 1.165) is 0 Å². The molecule has 1 aromatic rings. The molecule has 0 unspecified atom stereocenters. The first-order valence-corrected chi connectivity index (χ1v) is 6.55. The van der Waals surface area contributed by atoms with E-state index in [9.17, 15) is 13.2 Å². The molecule has 0 spiro atoms. The molecule has 1 aliphatic rings. The first-order chi connectivity index (χ1) is 7.49. The van der Waals surface area contributed by atoms with Crippen LogP contribution in [0.2, 0.25) is 0 Å². The summed E-state index contributed by atoms with van der Waals surface area (Å²) in [5.74, 6) is 0.122. The maximum atomic E-state index is 11.8. The molecule has 0 aliphatic carbocycles. The second kappa shape index (κ2) is 4.38. The third-order valence-electron chi connectivity index (χ3n) is 2.40. The summed E-state index contributed by atoms with van der Waals surface area (Å²) in [6.07, 6.45) is 0. The molecule has 0 N–H and O–H groups in total. The Balaban J connectivity index is 2.17. The van der Waals surface area contributed by atoms with Gasteiger partial charge in [0, 0.05) is 0 Å². The molecule has 0 aromatic carbocycles. The van der Waals surface area contributed by atoms with Crippen LogP contribution < -0.4 is 0 Å². The van der Waals surface area contributed by atoms with Crippen molar-refractivity contribution < 1.29 is 22.4 Å². The van der Waals surface area contributed by atoms with Gasteiger partial charge in [0.05, 0.1) is 0 Å². The van der Waals surface area contributed by atoms with Crippen molar-refractivity contribution in [1.29, 1.82) is 0 Å². The topological polar surface area (TPSA) is 73.6 Å².